The van der Waals surface area contributed by atoms with Crippen LogP contribution < -0.4 is 10.6 Å². The standard InChI is InChI=1S/C16H22N4/c1-4-5-8-17-15-10-16(19-11-18-15)20-14-9-12(2)6-7-13(14)3/h6-7,9-11H,4-5,8H2,1-3H3,(H2,17,18,19,20). The van der Waals surface area contributed by atoms with Crippen LogP contribution in [0.3, 0.4) is 0 Å². The Balaban J connectivity index is 2.09. The largest absolute Gasteiger partial charge is 0.370 e. The summed E-state index contributed by atoms with van der Waals surface area (Å²) in [7, 11) is 0. The maximum absolute atomic E-state index is 4.27. The zero-order valence-corrected chi connectivity index (χ0v) is 12.4. The van der Waals surface area contributed by atoms with E-state index in [1.54, 1.807) is 6.33 Å². The predicted molar refractivity (Wildman–Crippen MR) is 84.6 cm³/mol. The third-order valence-electron chi connectivity index (χ3n) is 3.16. The van der Waals surface area contributed by atoms with E-state index in [0.29, 0.717) is 0 Å². The number of nitrogens with one attached hydrogen (secondary N) is 2. The lowest BCUT2D eigenvalue weighted by Gasteiger charge is -2.11. The molecule has 1 aromatic carbocycles. The molecular formula is C16H22N4. The van der Waals surface area contributed by atoms with Gasteiger partial charge in [0, 0.05) is 18.3 Å². The summed E-state index contributed by atoms with van der Waals surface area (Å²) in [5, 5.41) is 6.66. The lowest BCUT2D eigenvalue weighted by atomic mass is 10.1. The molecule has 106 valence electrons. The van der Waals surface area contributed by atoms with Crippen molar-refractivity contribution < 1.29 is 0 Å². The number of anilines is 3. The maximum atomic E-state index is 4.27. The maximum Gasteiger partial charge on any atom is 0.135 e. The van der Waals surface area contributed by atoms with Crippen molar-refractivity contribution in [2.24, 2.45) is 0 Å². The van der Waals surface area contributed by atoms with E-state index in [-0.39, 0.29) is 0 Å². The smallest absolute Gasteiger partial charge is 0.135 e. The van der Waals surface area contributed by atoms with Crippen LogP contribution in [0.4, 0.5) is 17.3 Å². The van der Waals surface area contributed by atoms with Gasteiger partial charge in [-0.25, -0.2) is 9.97 Å². The van der Waals surface area contributed by atoms with Gasteiger partial charge in [0.2, 0.25) is 0 Å². The fraction of sp³-hybridized carbons (Fsp3) is 0.375. The number of hydrogen-bond donors (Lipinski definition) is 2. The normalized spacial score (nSPS) is 10.3. The molecule has 0 saturated carbocycles. The van der Waals surface area contributed by atoms with Crippen molar-refractivity contribution in [3.8, 4) is 0 Å². The monoisotopic (exact) mass is 270 g/mol. The van der Waals surface area contributed by atoms with Crippen molar-refractivity contribution in [3.63, 3.8) is 0 Å². The molecule has 0 atom stereocenters. The molecule has 0 fully saturated rings. The molecule has 2 rings (SSSR count). The van der Waals surface area contributed by atoms with Crippen molar-refractivity contribution in [3.05, 3.63) is 41.7 Å². The van der Waals surface area contributed by atoms with Crippen LogP contribution in [0.15, 0.2) is 30.6 Å². The van der Waals surface area contributed by atoms with Gasteiger partial charge in [-0.05, 0) is 37.5 Å². The minimum Gasteiger partial charge on any atom is -0.370 e. The second-order valence-electron chi connectivity index (χ2n) is 5.01. The lowest BCUT2D eigenvalue weighted by Crippen LogP contribution is -2.04. The van der Waals surface area contributed by atoms with E-state index < -0.39 is 0 Å². The molecule has 4 nitrogen and oxygen atoms in total. The number of nitrogens with zero attached hydrogens (tertiary/aromatic N) is 2. The van der Waals surface area contributed by atoms with Crippen LogP contribution in [-0.2, 0) is 0 Å². The van der Waals surface area contributed by atoms with Crippen LogP contribution in [0, 0.1) is 13.8 Å². The number of benzene rings is 1. The highest BCUT2D eigenvalue weighted by molar-refractivity contribution is 5.62. The molecule has 0 saturated heterocycles. The average molecular weight is 270 g/mol. The van der Waals surface area contributed by atoms with Crippen LogP contribution >= 0.6 is 0 Å². The third-order valence-corrected chi connectivity index (χ3v) is 3.16. The first-order valence-electron chi connectivity index (χ1n) is 7.09. The number of rotatable bonds is 6. The molecule has 2 N–H and O–H groups in total. The zero-order chi connectivity index (χ0) is 14.4. The summed E-state index contributed by atoms with van der Waals surface area (Å²) >= 11 is 0. The van der Waals surface area contributed by atoms with E-state index in [0.717, 1.165) is 30.3 Å². The third kappa shape index (κ3) is 3.95. The van der Waals surface area contributed by atoms with E-state index in [9.17, 15) is 0 Å². The minimum absolute atomic E-state index is 0.813. The summed E-state index contributed by atoms with van der Waals surface area (Å²) in [5.74, 6) is 1.67. The van der Waals surface area contributed by atoms with Gasteiger partial charge in [0.25, 0.3) is 0 Å². The summed E-state index contributed by atoms with van der Waals surface area (Å²) in [6, 6.07) is 8.29. The van der Waals surface area contributed by atoms with Crippen molar-refractivity contribution in [1.29, 1.82) is 0 Å². The summed E-state index contributed by atoms with van der Waals surface area (Å²) in [6.07, 6.45) is 3.90. The highest BCUT2D eigenvalue weighted by Gasteiger charge is 2.02. The molecule has 0 spiro atoms. The summed E-state index contributed by atoms with van der Waals surface area (Å²) in [5.41, 5.74) is 3.52. The van der Waals surface area contributed by atoms with Crippen molar-refractivity contribution in [2.45, 2.75) is 33.6 Å². The quantitative estimate of drug-likeness (QED) is 0.777. The lowest BCUT2D eigenvalue weighted by molar-refractivity contribution is 0.830. The Morgan fingerprint density at radius 1 is 1.05 bits per heavy atom. The van der Waals surface area contributed by atoms with Crippen LogP contribution in [0.25, 0.3) is 0 Å². The Labute approximate surface area is 120 Å². The molecule has 2 aromatic rings. The highest BCUT2D eigenvalue weighted by atomic mass is 15.1. The molecule has 1 aromatic heterocycles. The molecule has 0 bridgehead atoms. The van der Waals surface area contributed by atoms with E-state index in [1.807, 2.05) is 6.07 Å². The summed E-state index contributed by atoms with van der Waals surface area (Å²) < 4.78 is 0. The molecule has 0 aliphatic carbocycles. The Morgan fingerprint density at radius 2 is 1.85 bits per heavy atom. The topological polar surface area (TPSA) is 49.8 Å². The van der Waals surface area contributed by atoms with Gasteiger partial charge in [0.15, 0.2) is 0 Å². The first-order chi connectivity index (χ1) is 9.69. The minimum atomic E-state index is 0.813. The number of hydrogen-bond acceptors (Lipinski definition) is 4. The first kappa shape index (κ1) is 14.3. The van der Waals surface area contributed by atoms with Gasteiger partial charge in [-0.15, -0.1) is 0 Å². The van der Waals surface area contributed by atoms with Crippen molar-refractivity contribution in [1.82, 2.24) is 9.97 Å². The second-order valence-corrected chi connectivity index (χ2v) is 5.01. The van der Waals surface area contributed by atoms with Gasteiger partial charge in [-0.2, -0.15) is 0 Å². The molecule has 20 heavy (non-hydrogen) atoms. The molecule has 0 aliphatic heterocycles. The van der Waals surface area contributed by atoms with E-state index in [1.165, 1.54) is 17.5 Å². The molecule has 0 radical (unpaired) electrons. The molecule has 0 unspecified atom stereocenters. The van der Waals surface area contributed by atoms with E-state index >= 15 is 0 Å². The van der Waals surface area contributed by atoms with Gasteiger partial charge in [0.1, 0.15) is 18.0 Å². The Bertz CT molecular complexity index is 566. The fourth-order valence-electron chi connectivity index (χ4n) is 1.92. The highest BCUT2D eigenvalue weighted by Crippen LogP contribution is 2.21. The van der Waals surface area contributed by atoms with Gasteiger partial charge in [-0.3, -0.25) is 0 Å². The van der Waals surface area contributed by atoms with Gasteiger partial charge >= 0.3 is 0 Å². The molecular weight excluding hydrogens is 248 g/mol. The molecule has 4 heteroatoms. The molecule has 0 aliphatic rings. The number of aromatic nitrogens is 2. The van der Waals surface area contributed by atoms with Gasteiger partial charge in [-0.1, -0.05) is 25.5 Å². The Kier molecular flexibility index (Phi) is 4.93. The van der Waals surface area contributed by atoms with E-state index in [4.69, 9.17) is 0 Å². The van der Waals surface area contributed by atoms with Crippen LogP contribution in [0.1, 0.15) is 30.9 Å². The second kappa shape index (κ2) is 6.89. The zero-order valence-electron chi connectivity index (χ0n) is 12.4. The van der Waals surface area contributed by atoms with Crippen LogP contribution in [0.5, 0.6) is 0 Å². The van der Waals surface area contributed by atoms with Crippen LogP contribution in [-0.4, -0.2) is 16.5 Å². The predicted octanol–water partition coefficient (Wildman–Crippen LogP) is 4.05. The first-order valence-corrected chi connectivity index (χ1v) is 7.09. The van der Waals surface area contributed by atoms with Crippen molar-refractivity contribution in [2.75, 3.05) is 17.2 Å². The van der Waals surface area contributed by atoms with Crippen LogP contribution in [0.2, 0.25) is 0 Å². The SMILES string of the molecule is CCCCNc1cc(Nc2cc(C)ccc2C)ncn1. The van der Waals surface area contributed by atoms with E-state index in [2.05, 4.69) is 59.6 Å². The fourth-order valence-corrected chi connectivity index (χ4v) is 1.92. The van der Waals surface area contributed by atoms with Gasteiger partial charge in [0.05, 0.1) is 0 Å². The Morgan fingerprint density at radius 3 is 2.65 bits per heavy atom. The summed E-state index contributed by atoms with van der Waals surface area (Å²) in [6.45, 7) is 7.29. The van der Waals surface area contributed by atoms with Crippen molar-refractivity contribution >= 4 is 17.3 Å². The average Bonchev–Trinajstić information content (AvgIpc) is 2.44. The number of unbranched alkanes of at least 4 members (excludes halogenated alkanes) is 1. The van der Waals surface area contributed by atoms with Gasteiger partial charge < -0.3 is 10.6 Å². The number of aryl methyl sites for hydroxylation is 2. The summed E-state index contributed by atoms with van der Waals surface area (Å²) in [4.78, 5) is 8.50. The molecule has 0 amide bonds. The molecule has 1 heterocycles. The Hall–Kier alpha value is -2.10.